The quantitative estimate of drug-likeness (QED) is 0.431. The Hall–Kier alpha value is -1.43. The van der Waals surface area contributed by atoms with Crippen LogP contribution >= 0.6 is 0 Å². The van der Waals surface area contributed by atoms with E-state index in [2.05, 4.69) is 0 Å². The van der Waals surface area contributed by atoms with Crippen LogP contribution in [0.15, 0.2) is 0 Å². The van der Waals surface area contributed by atoms with Gasteiger partial charge in [-0.25, -0.2) is 4.79 Å². The lowest BCUT2D eigenvalue weighted by Gasteiger charge is -2.07. The van der Waals surface area contributed by atoms with E-state index in [1.165, 1.54) is 0 Å². The van der Waals surface area contributed by atoms with E-state index in [1.54, 1.807) is 0 Å². The largest absolute Gasteiger partial charge is 0.331 e. The highest BCUT2D eigenvalue weighted by molar-refractivity contribution is 6.10. The Morgan fingerprint density at radius 3 is 2.64 bits per heavy atom. The van der Waals surface area contributed by atoms with E-state index in [0.717, 1.165) is 4.90 Å². The number of nitrogens with zero attached hydrogens (tertiary/aromatic N) is 1. The van der Waals surface area contributed by atoms with Crippen molar-refractivity contribution < 1.29 is 14.4 Å². The first-order chi connectivity index (χ1) is 5.15. The molecule has 1 aliphatic rings. The normalized spacial score (nSPS) is 17.0. The van der Waals surface area contributed by atoms with Crippen LogP contribution in [0.25, 0.3) is 0 Å². The monoisotopic (exact) mass is 157 g/mol. The van der Waals surface area contributed by atoms with Crippen molar-refractivity contribution in [3.05, 3.63) is 0 Å². The average molecular weight is 157 g/mol. The van der Waals surface area contributed by atoms with Crippen molar-refractivity contribution in [3.63, 3.8) is 0 Å². The van der Waals surface area contributed by atoms with Gasteiger partial charge in [0.1, 0.15) is 6.54 Å². The van der Waals surface area contributed by atoms with Crippen LogP contribution in [0.1, 0.15) is 0 Å². The van der Waals surface area contributed by atoms with Gasteiger partial charge in [0.15, 0.2) is 0 Å². The third-order valence-electron chi connectivity index (χ3n) is 1.27. The molecule has 0 atom stereocenters. The van der Waals surface area contributed by atoms with Crippen molar-refractivity contribution in [2.24, 2.45) is 5.73 Å². The Bertz CT molecular complexity index is 225. The highest BCUT2D eigenvalue weighted by Gasteiger charge is 2.30. The molecule has 1 saturated heterocycles. The van der Waals surface area contributed by atoms with Crippen molar-refractivity contribution in [2.75, 3.05) is 13.1 Å². The molecule has 0 radical (unpaired) electrons. The van der Waals surface area contributed by atoms with Crippen molar-refractivity contribution in [1.29, 1.82) is 0 Å². The summed E-state index contributed by atoms with van der Waals surface area (Å²) >= 11 is 0. The Kier molecular flexibility index (Phi) is 1.86. The number of amides is 4. The zero-order chi connectivity index (χ0) is 8.43. The van der Waals surface area contributed by atoms with Gasteiger partial charge in [-0.15, -0.1) is 0 Å². The van der Waals surface area contributed by atoms with Gasteiger partial charge in [0.05, 0.1) is 6.54 Å². The summed E-state index contributed by atoms with van der Waals surface area (Å²) in [6.07, 6.45) is 0. The first-order valence-electron chi connectivity index (χ1n) is 2.99. The van der Waals surface area contributed by atoms with Gasteiger partial charge in [-0.2, -0.15) is 0 Å². The molecule has 0 aromatic carbocycles. The van der Waals surface area contributed by atoms with Gasteiger partial charge in [-0.1, -0.05) is 0 Å². The fourth-order valence-electron chi connectivity index (χ4n) is 0.753. The molecule has 4 amide bonds. The maximum atomic E-state index is 10.8. The Labute approximate surface area is 62.3 Å². The molecule has 6 nitrogen and oxygen atoms in total. The molecule has 0 unspecified atom stereocenters. The van der Waals surface area contributed by atoms with E-state index in [4.69, 9.17) is 5.73 Å². The van der Waals surface area contributed by atoms with E-state index >= 15 is 0 Å². The molecule has 11 heavy (non-hydrogen) atoms. The number of nitrogens with two attached hydrogens (primary N) is 1. The van der Waals surface area contributed by atoms with Crippen LogP contribution in [-0.2, 0) is 9.59 Å². The molecule has 3 N–H and O–H groups in total. The maximum Gasteiger partial charge on any atom is 0.331 e. The summed E-state index contributed by atoms with van der Waals surface area (Å²) < 4.78 is 0. The van der Waals surface area contributed by atoms with Gasteiger partial charge in [-0.3, -0.25) is 19.8 Å². The van der Waals surface area contributed by atoms with Gasteiger partial charge in [-0.05, 0) is 0 Å². The van der Waals surface area contributed by atoms with Crippen molar-refractivity contribution in [3.8, 4) is 0 Å². The number of hydrogen-bond donors (Lipinski definition) is 2. The van der Waals surface area contributed by atoms with Gasteiger partial charge in [0.25, 0.3) is 0 Å². The fourth-order valence-corrected chi connectivity index (χ4v) is 0.753. The van der Waals surface area contributed by atoms with Crippen molar-refractivity contribution in [1.82, 2.24) is 10.2 Å². The molecule has 0 aromatic rings. The molecule has 60 valence electrons. The van der Waals surface area contributed by atoms with Crippen LogP contribution in [0, 0.1) is 0 Å². The second-order valence-corrected chi connectivity index (χ2v) is 2.04. The van der Waals surface area contributed by atoms with Crippen molar-refractivity contribution in [2.45, 2.75) is 0 Å². The summed E-state index contributed by atoms with van der Waals surface area (Å²) in [6.45, 7) is -0.477. The van der Waals surface area contributed by atoms with E-state index in [9.17, 15) is 14.4 Å². The molecule has 0 spiro atoms. The van der Waals surface area contributed by atoms with Crippen LogP contribution in [0.3, 0.4) is 0 Å². The van der Waals surface area contributed by atoms with E-state index in [-0.39, 0.29) is 13.1 Å². The Balaban J connectivity index is 2.67. The van der Waals surface area contributed by atoms with E-state index < -0.39 is 17.8 Å². The highest BCUT2D eigenvalue weighted by atomic mass is 16.2. The first kappa shape index (κ1) is 7.67. The van der Waals surface area contributed by atoms with Crippen LogP contribution < -0.4 is 11.1 Å². The summed E-state index contributed by atoms with van der Waals surface area (Å²) in [6, 6.07) is -0.689. The first-order valence-corrected chi connectivity index (χ1v) is 2.99. The smallest absolute Gasteiger partial charge is 0.322 e. The fraction of sp³-hybridized carbons (Fsp3) is 0.400. The Morgan fingerprint density at radius 2 is 2.27 bits per heavy atom. The molecule has 1 rings (SSSR count). The topological polar surface area (TPSA) is 92.5 Å². The molecule has 0 aliphatic carbocycles. The van der Waals surface area contributed by atoms with Crippen LogP contribution in [-0.4, -0.2) is 35.8 Å². The summed E-state index contributed by atoms with van der Waals surface area (Å²) in [4.78, 5) is 32.8. The SMILES string of the molecule is NCC(=O)N1CC(=O)NC1=O. The molecule has 1 aliphatic heterocycles. The van der Waals surface area contributed by atoms with Crippen LogP contribution in [0.2, 0.25) is 0 Å². The maximum absolute atomic E-state index is 10.8. The van der Waals surface area contributed by atoms with Gasteiger partial charge >= 0.3 is 6.03 Å². The lowest BCUT2D eigenvalue weighted by Crippen LogP contribution is -2.38. The van der Waals surface area contributed by atoms with Gasteiger partial charge in [0, 0.05) is 0 Å². The molecule has 6 heteroatoms. The second kappa shape index (κ2) is 2.67. The minimum absolute atomic E-state index is 0.213. The minimum atomic E-state index is -0.689. The third kappa shape index (κ3) is 1.35. The second-order valence-electron chi connectivity index (χ2n) is 2.04. The highest BCUT2D eigenvalue weighted by Crippen LogP contribution is 1.96. The molecule has 1 heterocycles. The van der Waals surface area contributed by atoms with Crippen molar-refractivity contribution >= 4 is 17.8 Å². The lowest BCUT2D eigenvalue weighted by atomic mass is 10.5. The zero-order valence-corrected chi connectivity index (χ0v) is 5.66. The number of imide groups is 2. The number of hydrogen-bond acceptors (Lipinski definition) is 4. The molecular weight excluding hydrogens is 150 g/mol. The van der Waals surface area contributed by atoms with Crippen LogP contribution in [0.5, 0.6) is 0 Å². The summed E-state index contributed by atoms with van der Waals surface area (Å²) in [7, 11) is 0. The number of rotatable bonds is 1. The van der Waals surface area contributed by atoms with E-state index in [0.29, 0.717) is 0 Å². The number of urea groups is 1. The predicted octanol–water partition coefficient (Wildman–Crippen LogP) is -1.98. The molecular formula is C5H7N3O3. The van der Waals surface area contributed by atoms with Crippen LogP contribution in [0.4, 0.5) is 4.79 Å². The van der Waals surface area contributed by atoms with Gasteiger partial charge in [0.2, 0.25) is 11.8 Å². The molecule has 0 aromatic heterocycles. The Morgan fingerprint density at radius 1 is 1.64 bits per heavy atom. The standard InChI is InChI=1S/C5H7N3O3/c6-1-4(10)8-2-3(9)7-5(8)11/h1-2,6H2,(H,7,9,11). The lowest BCUT2D eigenvalue weighted by molar-refractivity contribution is -0.128. The molecule has 1 fully saturated rings. The summed E-state index contributed by atoms with van der Waals surface area (Å²) in [5.41, 5.74) is 4.98. The number of nitrogens with one attached hydrogen (secondary N) is 1. The summed E-state index contributed by atoms with van der Waals surface area (Å²) in [5, 5.41) is 1.95. The number of carbonyl (C=O) groups excluding carboxylic acids is 3. The van der Waals surface area contributed by atoms with E-state index in [1.807, 2.05) is 5.32 Å². The molecule has 0 saturated carbocycles. The molecule has 0 bridgehead atoms. The third-order valence-corrected chi connectivity index (χ3v) is 1.27. The minimum Gasteiger partial charge on any atom is -0.322 e. The predicted molar refractivity (Wildman–Crippen MR) is 34.3 cm³/mol. The number of carbonyl (C=O) groups is 3. The average Bonchev–Trinajstić information content (AvgIpc) is 2.28. The zero-order valence-electron chi connectivity index (χ0n) is 5.66. The van der Waals surface area contributed by atoms with Gasteiger partial charge < -0.3 is 5.73 Å². The summed E-state index contributed by atoms with van der Waals surface area (Å²) in [5.74, 6) is -1.02.